The minimum absolute atomic E-state index is 0.0232. The summed E-state index contributed by atoms with van der Waals surface area (Å²) in [5, 5.41) is 11.7. The number of Topliss-reactive ketones (excluding diaryl/α,β-unsaturated/α-hetero) is 2. The second kappa shape index (κ2) is 19.0. The van der Waals surface area contributed by atoms with Gasteiger partial charge in [0.2, 0.25) is 11.7 Å². The van der Waals surface area contributed by atoms with Gasteiger partial charge in [-0.1, -0.05) is 39.8 Å². The van der Waals surface area contributed by atoms with Crippen LogP contribution in [0.15, 0.2) is 73.1 Å². The standard InChI is InChI=1S/C25H20F3N3O5.C25H21F3N2O3/c1-11(2)20-21(12(3)8-9-29-20)30-22-13(24(32)23(25(30)33)31(34)35)10-15(27)18(19(22)28)17-14(26)6-5-7-16(17)36-4;1-12(2)23-24(13(3)8-9-29-23)30-19(32)11-17(31)14-10-16(27)21(22(28)25(14)30)20-15(26)6-5-7-18(20)33-4/h5-11,23H,1-4H3;5-10,12H,11H2,1-4H3. The van der Waals surface area contributed by atoms with Crippen molar-refractivity contribution < 1.29 is 59.9 Å². The zero-order valence-corrected chi connectivity index (χ0v) is 38.1. The van der Waals surface area contributed by atoms with Gasteiger partial charge in [-0.25, -0.2) is 26.3 Å². The number of aryl methyl sites for hydroxylation is 2. The molecule has 0 saturated heterocycles. The summed E-state index contributed by atoms with van der Waals surface area (Å²) >= 11 is 0. The van der Waals surface area contributed by atoms with Crippen LogP contribution in [-0.2, 0) is 9.59 Å². The van der Waals surface area contributed by atoms with Crippen LogP contribution in [0, 0.1) is 58.9 Å². The van der Waals surface area contributed by atoms with Crippen molar-refractivity contribution in [3.8, 4) is 33.8 Å². The molecule has 0 bridgehead atoms. The predicted molar refractivity (Wildman–Crippen MR) is 241 cm³/mol. The van der Waals surface area contributed by atoms with Gasteiger partial charge >= 0.3 is 11.9 Å². The Hall–Kier alpha value is -7.96. The number of ketones is 2. The lowest BCUT2D eigenvalue weighted by atomic mass is 9.90. The molecule has 0 aliphatic carbocycles. The van der Waals surface area contributed by atoms with Crippen LogP contribution in [0.3, 0.4) is 0 Å². The average molecular weight is 954 g/mol. The lowest BCUT2D eigenvalue weighted by molar-refractivity contribution is -0.491. The van der Waals surface area contributed by atoms with Gasteiger partial charge in [-0.15, -0.1) is 0 Å². The van der Waals surface area contributed by atoms with E-state index in [2.05, 4.69) is 9.97 Å². The number of halogens is 6. The Morgan fingerprint density at radius 1 is 0.623 bits per heavy atom. The van der Waals surface area contributed by atoms with Gasteiger partial charge in [-0.2, -0.15) is 0 Å². The average Bonchev–Trinajstić information content (AvgIpc) is 3.28. The van der Waals surface area contributed by atoms with E-state index in [-0.39, 0.29) is 34.6 Å². The van der Waals surface area contributed by atoms with Crippen molar-refractivity contribution in [3.63, 3.8) is 0 Å². The van der Waals surface area contributed by atoms with Crippen LogP contribution < -0.4 is 19.3 Å². The molecule has 0 fully saturated rings. The Labute approximate surface area is 390 Å². The summed E-state index contributed by atoms with van der Waals surface area (Å²) in [6.07, 6.45) is 2.47. The Balaban J connectivity index is 0.000000205. The second-order valence-electron chi connectivity index (χ2n) is 16.6. The third-order valence-corrected chi connectivity index (χ3v) is 11.6. The lowest BCUT2D eigenvalue weighted by Crippen LogP contribution is -2.51. The number of pyridine rings is 2. The van der Waals surface area contributed by atoms with Gasteiger partial charge in [0.15, 0.2) is 17.4 Å². The quantitative estimate of drug-likeness (QED) is 0.0590. The van der Waals surface area contributed by atoms with E-state index < -0.39 is 115 Å². The molecule has 0 spiro atoms. The maximum atomic E-state index is 16.3. The Kier molecular flexibility index (Phi) is 13.5. The predicted octanol–water partition coefficient (Wildman–Crippen LogP) is 11.0. The molecule has 0 N–H and O–H groups in total. The van der Waals surface area contributed by atoms with Crippen LogP contribution in [0.2, 0.25) is 0 Å². The highest BCUT2D eigenvalue weighted by atomic mass is 19.2. The summed E-state index contributed by atoms with van der Waals surface area (Å²) < 4.78 is 103. The number of fused-ring (bicyclic) bond motifs is 2. The number of ether oxygens (including phenoxy) is 2. The SMILES string of the molecule is COc1cccc(F)c1-c1c(F)cc2c(c1F)N(c1c(C)ccnc1C(C)C)C(=O)C([N+](=O)[O-])C2=O.COc1cccc(F)c1-c1c(F)cc2c(c1F)N(c1c(C)ccnc1C(C)C)C(=O)CC2=O. The first kappa shape index (κ1) is 49.0. The summed E-state index contributed by atoms with van der Waals surface area (Å²) in [6.45, 7) is 10.5. The monoisotopic (exact) mass is 953 g/mol. The highest BCUT2D eigenvalue weighted by Crippen LogP contribution is 2.48. The molecular weight excluding hydrogens is 913 g/mol. The highest BCUT2D eigenvalue weighted by molar-refractivity contribution is 6.27. The first-order chi connectivity index (χ1) is 32.7. The van der Waals surface area contributed by atoms with Gasteiger partial charge in [0.25, 0.3) is 0 Å². The highest BCUT2D eigenvalue weighted by Gasteiger charge is 2.51. The largest absolute Gasteiger partial charge is 0.496 e. The van der Waals surface area contributed by atoms with Crippen molar-refractivity contribution in [2.24, 2.45) is 0 Å². The Bertz CT molecular complexity index is 3160. The van der Waals surface area contributed by atoms with Crippen LogP contribution in [0.4, 0.5) is 49.1 Å². The molecule has 6 aromatic rings. The molecule has 2 amide bonds. The van der Waals surface area contributed by atoms with Crippen LogP contribution in [0.25, 0.3) is 22.3 Å². The van der Waals surface area contributed by atoms with Crippen molar-refractivity contribution in [1.29, 1.82) is 0 Å². The van der Waals surface area contributed by atoms with Crippen molar-refractivity contribution in [3.05, 3.63) is 152 Å². The minimum atomic E-state index is -2.43. The summed E-state index contributed by atoms with van der Waals surface area (Å²) in [7, 11) is 2.43. The van der Waals surface area contributed by atoms with E-state index in [4.69, 9.17) is 9.47 Å². The fourth-order valence-corrected chi connectivity index (χ4v) is 8.49. The van der Waals surface area contributed by atoms with Gasteiger partial charge in [0.05, 0.1) is 82.6 Å². The topological polar surface area (TPSA) is 162 Å². The van der Waals surface area contributed by atoms with Crippen molar-refractivity contribution in [2.75, 3.05) is 24.0 Å². The molecule has 2 aliphatic heterocycles. The molecule has 0 saturated carbocycles. The number of rotatable bonds is 9. The molecule has 19 heteroatoms. The van der Waals surface area contributed by atoms with Gasteiger partial charge in [0, 0.05) is 22.9 Å². The maximum absolute atomic E-state index is 16.3. The van der Waals surface area contributed by atoms with Gasteiger partial charge < -0.3 is 9.47 Å². The fraction of sp³-hybridized carbons (Fsp3) is 0.240. The number of benzene rings is 4. The smallest absolute Gasteiger partial charge is 0.352 e. The van der Waals surface area contributed by atoms with Crippen LogP contribution in [-0.4, -0.2) is 58.5 Å². The van der Waals surface area contributed by atoms with Crippen LogP contribution in [0.5, 0.6) is 11.5 Å². The number of carbonyl (C=O) groups excluding carboxylic acids is 4. The third-order valence-electron chi connectivity index (χ3n) is 11.6. The van der Waals surface area contributed by atoms with E-state index in [0.29, 0.717) is 39.2 Å². The number of anilines is 4. The lowest BCUT2D eigenvalue weighted by Gasteiger charge is -2.33. The van der Waals surface area contributed by atoms with Crippen LogP contribution >= 0.6 is 0 Å². The van der Waals surface area contributed by atoms with Crippen LogP contribution in [0.1, 0.15) is 89.2 Å². The van der Waals surface area contributed by atoms with Gasteiger partial charge in [-0.3, -0.25) is 49.1 Å². The molecule has 1 atom stereocenters. The summed E-state index contributed by atoms with van der Waals surface area (Å²) in [5.74, 6) is -12.0. The Morgan fingerprint density at radius 3 is 1.49 bits per heavy atom. The van der Waals surface area contributed by atoms with Gasteiger partial charge in [0.1, 0.15) is 34.8 Å². The van der Waals surface area contributed by atoms with E-state index in [1.54, 1.807) is 40.0 Å². The summed E-state index contributed by atoms with van der Waals surface area (Å²) in [6, 6.07) is 9.47. The summed E-state index contributed by atoms with van der Waals surface area (Å²) in [5.41, 5.74) is -2.59. The fourth-order valence-electron chi connectivity index (χ4n) is 8.49. The van der Waals surface area contributed by atoms with E-state index in [0.717, 1.165) is 23.1 Å². The zero-order valence-electron chi connectivity index (χ0n) is 38.1. The van der Waals surface area contributed by atoms with E-state index in [1.807, 2.05) is 13.8 Å². The second-order valence-corrected chi connectivity index (χ2v) is 16.6. The molecular formula is C50H41F6N5O8. The molecule has 356 valence electrons. The van der Waals surface area contributed by atoms with Crippen molar-refractivity contribution >= 4 is 46.1 Å². The molecule has 4 heterocycles. The summed E-state index contributed by atoms with van der Waals surface area (Å²) in [4.78, 5) is 73.1. The Morgan fingerprint density at radius 2 is 1.06 bits per heavy atom. The number of amides is 2. The number of hydrogen-bond donors (Lipinski definition) is 0. The number of aromatic nitrogens is 2. The molecule has 1 unspecified atom stereocenters. The number of carbonyl (C=O) groups is 4. The molecule has 4 aromatic carbocycles. The third kappa shape index (κ3) is 8.31. The maximum Gasteiger partial charge on any atom is 0.352 e. The first-order valence-electron chi connectivity index (χ1n) is 21.2. The zero-order chi connectivity index (χ0) is 50.5. The molecule has 8 rings (SSSR count). The van der Waals surface area contributed by atoms with Crippen molar-refractivity contribution in [1.82, 2.24) is 9.97 Å². The molecule has 13 nitrogen and oxygen atoms in total. The number of methoxy groups -OCH3 is 2. The van der Waals surface area contributed by atoms with E-state index in [9.17, 15) is 38.1 Å². The first-order valence-corrected chi connectivity index (χ1v) is 21.2. The number of nitrogens with zero attached hydrogens (tertiary/aromatic N) is 5. The molecule has 2 aliphatic rings. The minimum Gasteiger partial charge on any atom is -0.496 e. The number of nitro groups is 1. The molecule has 2 aromatic heterocycles. The van der Waals surface area contributed by atoms with Crippen molar-refractivity contribution in [2.45, 2.75) is 65.8 Å². The normalized spacial score (nSPS) is 14.5. The van der Waals surface area contributed by atoms with E-state index in [1.165, 1.54) is 50.7 Å². The molecule has 0 radical (unpaired) electrons. The molecule has 69 heavy (non-hydrogen) atoms. The number of hydrogen-bond acceptors (Lipinski definition) is 10. The van der Waals surface area contributed by atoms with Gasteiger partial charge in [-0.05, 0) is 85.3 Å². The van der Waals surface area contributed by atoms with E-state index >= 15 is 17.6 Å².